The number of hydrogen-bond acceptors (Lipinski definition) is 3. The van der Waals surface area contributed by atoms with E-state index in [0.29, 0.717) is 0 Å². The van der Waals surface area contributed by atoms with Crippen LogP contribution in [0.4, 0.5) is 0 Å². The van der Waals surface area contributed by atoms with Crippen molar-refractivity contribution in [3.8, 4) is 0 Å². The molecule has 1 aromatic rings. The van der Waals surface area contributed by atoms with Gasteiger partial charge in [0.1, 0.15) is 0 Å². The molecule has 1 aromatic carbocycles. The fraction of sp³-hybridized carbons (Fsp3) is 0.400. The van der Waals surface area contributed by atoms with E-state index in [1.807, 2.05) is 20.8 Å². The maximum atomic E-state index is 11.4. The summed E-state index contributed by atoms with van der Waals surface area (Å²) in [5, 5.41) is 0. The SMILES string of the molecule is COS(=O)(=O)c1cc(C)c(C)c(C)c1.[H-].[Na+]. The van der Waals surface area contributed by atoms with Crippen molar-refractivity contribution in [2.24, 2.45) is 0 Å². The maximum Gasteiger partial charge on any atom is 1.00 e. The Morgan fingerprint density at radius 1 is 1.13 bits per heavy atom. The van der Waals surface area contributed by atoms with E-state index in [-0.39, 0.29) is 35.9 Å². The van der Waals surface area contributed by atoms with E-state index < -0.39 is 10.1 Å². The van der Waals surface area contributed by atoms with Gasteiger partial charge in [-0.3, -0.25) is 4.18 Å². The van der Waals surface area contributed by atoms with Crippen LogP contribution in [0.25, 0.3) is 0 Å². The van der Waals surface area contributed by atoms with Crippen LogP contribution >= 0.6 is 0 Å². The molecular weight excluding hydrogens is 223 g/mol. The second-order valence-electron chi connectivity index (χ2n) is 3.30. The van der Waals surface area contributed by atoms with Crippen molar-refractivity contribution in [2.75, 3.05) is 7.11 Å². The molecule has 0 atom stereocenters. The molecule has 0 unspecified atom stereocenters. The van der Waals surface area contributed by atoms with Gasteiger partial charge in [0.2, 0.25) is 0 Å². The Labute approximate surface area is 115 Å². The van der Waals surface area contributed by atoms with E-state index in [9.17, 15) is 8.42 Å². The number of rotatable bonds is 2. The van der Waals surface area contributed by atoms with Crippen LogP contribution in [0, 0.1) is 20.8 Å². The first-order chi connectivity index (χ1) is 6.38. The van der Waals surface area contributed by atoms with Crippen molar-refractivity contribution < 1.29 is 43.6 Å². The Morgan fingerprint density at radius 3 is 1.87 bits per heavy atom. The van der Waals surface area contributed by atoms with Crippen molar-refractivity contribution >= 4 is 10.1 Å². The fourth-order valence-electron chi connectivity index (χ4n) is 1.24. The molecule has 5 heteroatoms. The van der Waals surface area contributed by atoms with E-state index >= 15 is 0 Å². The van der Waals surface area contributed by atoms with Gasteiger partial charge in [-0.15, -0.1) is 0 Å². The number of aryl methyl sites for hydroxylation is 2. The van der Waals surface area contributed by atoms with E-state index in [1.165, 1.54) is 7.11 Å². The third-order valence-corrected chi connectivity index (χ3v) is 3.66. The van der Waals surface area contributed by atoms with Crippen molar-refractivity contribution in [1.82, 2.24) is 0 Å². The minimum absolute atomic E-state index is 0. The first-order valence-corrected chi connectivity index (χ1v) is 5.68. The molecule has 0 radical (unpaired) electrons. The van der Waals surface area contributed by atoms with Gasteiger partial charge in [0, 0.05) is 0 Å². The van der Waals surface area contributed by atoms with Crippen LogP contribution in [0.1, 0.15) is 18.1 Å². The van der Waals surface area contributed by atoms with Crippen LogP contribution in [-0.4, -0.2) is 15.5 Å². The van der Waals surface area contributed by atoms with Crippen LogP contribution in [-0.2, 0) is 14.3 Å². The molecule has 0 fully saturated rings. The quantitative estimate of drug-likeness (QED) is 0.493. The third kappa shape index (κ3) is 3.29. The molecule has 0 aliphatic rings. The zero-order valence-electron chi connectivity index (χ0n) is 10.8. The summed E-state index contributed by atoms with van der Waals surface area (Å²) in [7, 11) is -2.39. The molecule has 0 saturated heterocycles. The molecule has 0 amide bonds. The summed E-state index contributed by atoms with van der Waals surface area (Å²) in [5.74, 6) is 0. The second kappa shape index (κ2) is 5.46. The minimum atomic E-state index is -3.56. The molecular formula is C10H15NaO3S. The molecule has 3 nitrogen and oxygen atoms in total. The van der Waals surface area contributed by atoms with Crippen LogP contribution in [0.5, 0.6) is 0 Å². The molecule has 15 heavy (non-hydrogen) atoms. The van der Waals surface area contributed by atoms with Gasteiger partial charge in [-0.05, 0) is 49.6 Å². The Kier molecular flexibility index (Phi) is 5.50. The van der Waals surface area contributed by atoms with E-state index in [2.05, 4.69) is 4.18 Å². The average molecular weight is 238 g/mol. The van der Waals surface area contributed by atoms with Gasteiger partial charge < -0.3 is 1.43 Å². The standard InChI is InChI=1S/C10H14O3S.Na.H/c1-7-5-10(14(11,12)13-4)6-8(2)9(7)3;;/h5-6H,1-4H3;;/q;+1;-1. The fourth-order valence-corrected chi connectivity index (χ4v) is 2.07. The maximum absolute atomic E-state index is 11.4. The minimum Gasteiger partial charge on any atom is -1.00 e. The van der Waals surface area contributed by atoms with Gasteiger partial charge >= 0.3 is 29.6 Å². The van der Waals surface area contributed by atoms with Crippen LogP contribution in [0.15, 0.2) is 17.0 Å². The monoisotopic (exact) mass is 238 g/mol. The molecule has 0 heterocycles. The summed E-state index contributed by atoms with van der Waals surface area (Å²) in [6.07, 6.45) is 0. The third-order valence-electron chi connectivity index (χ3n) is 2.41. The Hall–Kier alpha value is 0.130. The predicted octanol–water partition coefficient (Wildman–Crippen LogP) is -0.937. The Morgan fingerprint density at radius 2 is 1.53 bits per heavy atom. The number of hydrogen-bond donors (Lipinski definition) is 0. The van der Waals surface area contributed by atoms with Gasteiger partial charge in [-0.1, -0.05) is 0 Å². The molecule has 1 rings (SSSR count). The van der Waals surface area contributed by atoms with Gasteiger partial charge in [0.05, 0.1) is 12.0 Å². The van der Waals surface area contributed by atoms with Gasteiger partial charge in [-0.2, -0.15) is 8.42 Å². The van der Waals surface area contributed by atoms with Gasteiger partial charge in [0.15, 0.2) is 0 Å². The van der Waals surface area contributed by atoms with Crippen LogP contribution in [0.2, 0.25) is 0 Å². The summed E-state index contributed by atoms with van der Waals surface area (Å²) in [6, 6.07) is 3.25. The first kappa shape index (κ1) is 15.1. The molecule has 0 spiro atoms. The zero-order valence-corrected chi connectivity index (χ0v) is 12.6. The Balaban J connectivity index is 0. The van der Waals surface area contributed by atoms with Crippen molar-refractivity contribution in [3.05, 3.63) is 28.8 Å². The molecule has 0 aliphatic carbocycles. The first-order valence-electron chi connectivity index (χ1n) is 4.27. The molecule has 0 saturated carbocycles. The summed E-state index contributed by atoms with van der Waals surface area (Å²) in [6.45, 7) is 5.74. The van der Waals surface area contributed by atoms with E-state index in [1.54, 1.807) is 12.1 Å². The van der Waals surface area contributed by atoms with Crippen molar-refractivity contribution in [1.29, 1.82) is 0 Å². The van der Waals surface area contributed by atoms with Crippen LogP contribution < -0.4 is 29.6 Å². The average Bonchev–Trinajstić information content (AvgIpc) is 2.13. The summed E-state index contributed by atoms with van der Waals surface area (Å²) in [4.78, 5) is 0.223. The smallest absolute Gasteiger partial charge is 1.00 e. The zero-order chi connectivity index (χ0) is 10.9. The van der Waals surface area contributed by atoms with Crippen molar-refractivity contribution in [3.63, 3.8) is 0 Å². The van der Waals surface area contributed by atoms with Crippen LogP contribution in [0.3, 0.4) is 0 Å². The Bertz CT molecular complexity index is 434. The summed E-state index contributed by atoms with van der Waals surface area (Å²) in [5.41, 5.74) is 3.03. The topological polar surface area (TPSA) is 43.4 Å². The number of benzene rings is 1. The molecule has 0 aliphatic heterocycles. The van der Waals surface area contributed by atoms with Crippen molar-refractivity contribution in [2.45, 2.75) is 25.7 Å². The van der Waals surface area contributed by atoms with E-state index in [0.717, 1.165) is 16.7 Å². The summed E-state index contributed by atoms with van der Waals surface area (Å²) < 4.78 is 27.2. The van der Waals surface area contributed by atoms with Gasteiger partial charge in [-0.25, -0.2) is 0 Å². The molecule has 80 valence electrons. The molecule has 0 bridgehead atoms. The molecule has 0 aromatic heterocycles. The normalized spacial score (nSPS) is 10.9. The molecule has 0 N–H and O–H groups in total. The summed E-state index contributed by atoms with van der Waals surface area (Å²) >= 11 is 0. The predicted molar refractivity (Wildman–Crippen MR) is 56.0 cm³/mol. The van der Waals surface area contributed by atoms with Gasteiger partial charge in [0.25, 0.3) is 10.1 Å². The second-order valence-corrected chi connectivity index (χ2v) is 5.02. The van der Waals surface area contributed by atoms with E-state index in [4.69, 9.17) is 0 Å². The largest absolute Gasteiger partial charge is 1.00 e.